The number of carbonyl (C=O) groups excluding carboxylic acids is 1. The van der Waals surface area contributed by atoms with Gasteiger partial charge in [0.25, 0.3) is 0 Å². The number of nitrogens with zero attached hydrogens (tertiary/aromatic N) is 2. The molecule has 2 aromatic carbocycles. The fraction of sp³-hybridized carbons (Fsp3) is 0.231. The summed E-state index contributed by atoms with van der Waals surface area (Å²) >= 11 is 6.47. The van der Waals surface area contributed by atoms with Crippen molar-refractivity contribution in [3.8, 4) is 11.3 Å². The Morgan fingerprint density at radius 1 is 1.06 bits per heavy atom. The molecule has 0 saturated carbocycles. The minimum absolute atomic E-state index is 0.369. The lowest BCUT2D eigenvalue weighted by atomic mass is 10.0. The fourth-order valence-corrected chi connectivity index (χ4v) is 3.83. The second kappa shape index (κ2) is 9.05. The number of nitrogens with one attached hydrogen (secondary N) is 1. The van der Waals surface area contributed by atoms with Crippen LogP contribution in [0.4, 0.5) is 4.79 Å². The van der Waals surface area contributed by atoms with E-state index in [0.717, 1.165) is 28.2 Å². The molecular formula is C26H26ClN3O2. The van der Waals surface area contributed by atoms with Gasteiger partial charge in [0.1, 0.15) is 11.2 Å². The number of amides is 1. The largest absolute Gasteiger partial charge is 0.444 e. The van der Waals surface area contributed by atoms with Gasteiger partial charge in [-0.15, -0.1) is 0 Å². The van der Waals surface area contributed by atoms with E-state index < -0.39 is 11.7 Å². The zero-order valence-electron chi connectivity index (χ0n) is 18.4. The Morgan fingerprint density at radius 3 is 2.38 bits per heavy atom. The number of carbonyl (C=O) groups is 1. The van der Waals surface area contributed by atoms with Crippen LogP contribution in [0.3, 0.4) is 0 Å². The van der Waals surface area contributed by atoms with Crippen molar-refractivity contribution in [1.82, 2.24) is 14.7 Å². The molecule has 1 unspecified atom stereocenters. The van der Waals surface area contributed by atoms with E-state index in [1.54, 1.807) is 0 Å². The second-order valence-electron chi connectivity index (χ2n) is 8.71. The fourth-order valence-electron chi connectivity index (χ4n) is 3.62. The lowest BCUT2D eigenvalue weighted by Gasteiger charge is -2.24. The summed E-state index contributed by atoms with van der Waals surface area (Å²) in [5, 5.41) is 3.60. The van der Waals surface area contributed by atoms with Gasteiger partial charge in [-0.05, 0) is 38.8 Å². The molecular weight excluding hydrogens is 422 g/mol. The molecule has 4 rings (SSSR count). The van der Waals surface area contributed by atoms with E-state index in [0.29, 0.717) is 11.4 Å². The van der Waals surface area contributed by atoms with Crippen LogP contribution in [0.2, 0.25) is 5.02 Å². The highest BCUT2D eigenvalue weighted by Gasteiger charge is 2.23. The maximum atomic E-state index is 12.7. The number of fused-ring (bicyclic) bond motifs is 1. The Morgan fingerprint density at radius 2 is 1.72 bits per heavy atom. The first kappa shape index (κ1) is 21.9. The third-order valence-corrected chi connectivity index (χ3v) is 5.18. The van der Waals surface area contributed by atoms with E-state index in [9.17, 15) is 4.79 Å². The lowest BCUT2D eigenvalue weighted by Crippen LogP contribution is -2.36. The van der Waals surface area contributed by atoms with Crippen LogP contribution in [-0.4, -0.2) is 21.1 Å². The SMILES string of the molecule is CC(C)(C)OC(=O)NC(Cc1ccccc1)c1cc(Cl)cc2nc(-c3ccccc3)cn12. The average Bonchev–Trinajstić information content (AvgIpc) is 3.17. The van der Waals surface area contributed by atoms with Gasteiger partial charge in [-0.3, -0.25) is 0 Å². The van der Waals surface area contributed by atoms with Crippen LogP contribution in [0, 0.1) is 0 Å². The summed E-state index contributed by atoms with van der Waals surface area (Å²) in [6, 6.07) is 23.3. The number of hydrogen-bond acceptors (Lipinski definition) is 3. The number of hydrogen-bond donors (Lipinski definition) is 1. The number of aromatic nitrogens is 2. The molecule has 0 aliphatic carbocycles. The quantitative estimate of drug-likeness (QED) is 0.381. The summed E-state index contributed by atoms with van der Waals surface area (Å²) in [6.07, 6.45) is 2.08. The minimum atomic E-state index is -0.597. The molecule has 0 fully saturated rings. The summed E-state index contributed by atoms with van der Waals surface area (Å²) in [5.41, 5.74) is 3.89. The van der Waals surface area contributed by atoms with E-state index in [4.69, 9.17) is 21.3 Å². The standard InChI is InChI=1S/C26H26ClN3O2/c1-26(2,3)32-25(31)29-21(14-18-10-6-4-7-11-18)23-15-20(27)16-24-28-22(17-30(23)24)19-12-8-5-9-13-19/h4-13,15-17,21H,14H2,1-3H3,(H,29,31). The first-order valence-corrected chi connectivity index (χ1v) is 10.9. The third-order valence-electron chi connectivity index (χ3n) is 4.96. The monoisotopic (exact) mass is 447 g/mol. The van der Waals surface area contributed by atoms with Crippen molar-refractivity contribution >= 4 is 23.3 Å². The van der Waals surface area contributed by atoms with Gasteiger partial charge >= 0.3 is 6.09 Å². The molecule has 1 atom stereocenters. The van der Waals surface area contributed by atoms with Crippen molar-refractivity contribution in [3.63, 3.8) is 0 Å². The number of imidazole rings is 1. The zero-order chi connectivity index (χ0) is 22.7. The van der Waals surface area contributed by atoms with Crippen LogP contribution in [0.25, 0.3) is 16.9 Å². The molecule has 1 N–H and O–H groups in total. The van der Waals surface area contributed by atoms with E-state index in [1.807, 2.05) is 104 Å². The first-order valence-electron chi connectivity index (χ1n) is 10.6. The smallest absolute Gasteiger partial charge is 0.408 e. The second-order valence-corrected chi connectivity index (χ2v) is 9.14. The summed E-state index contributed by atoms with van der Waals surface area (Å²) < 4.78 is 7.52. The van der Waals surface area contributed by atoms with Crippen molar-refractivity contribution in [3.05, 3.63) is 95.3 Å². The van der Waals surface area contributed by atoms with Gasteiger partial charge in [0.15, 0.2) is 0 Å². The van der Waals surface area contributed by atoms with Crippen molar-refractivity contribution < 1.29 is 9.53 Å². The summed E-state index contributed by atoms with van der Waals surface area (Å²) in [7, 11) is 0. The van der Waals surface area contributed by atoms with E-state index in [2.05, 4.69) is 5.32 Å². The number of rotatable bonds is 5. The van der Waals surface area contributed by atoms with Gasteiger partial charge in [0.05, 0.1) is 11.7 Å². The maximum Gasteiger partial charge on any atom is 0.408 e. The number of alkyl carbamates (subject to hydrolysis) is 1. The summed E-state index contributed by atoms with van der Waals surface area (Å²) in [4.78, 5) is 17.5. The molecule has 32 heavy (non-hydrogen) atoms. The Bertz CT molecular complexity index is 1210. The molecule has 6 heteroatoms. The molecule has 0 bridgehead atoms. The Hall–Kier alpha value is -3.31. The Balaban J connectivity index is 1.77. The van der Waals surface area contributed by atoms with Crippen molar-refractivity contribution in [1.29, 1.82) is 0 Å². The number of halogens is 1. The van der Waals surface area contributed by atoms with Crippen LogP contribution in [0.15, 0.2) is 79.0 Å². The maximum absolute atomic E-state index is 12.7. The predicted octanol–water partition coefficient (Wildman–Crippen LogP) is 6.46. The highest BCUT2D eigenvalue weighted by Crippen LogP contribution is 2.27. The topological polar surface area (TPSA) is 55.6 Å². The van der Waals surface area contributed by atoms with Gasteiger partial charge in [-0.25, -0.2) is 9.78 Å². The molecule has 0 spiro atoms. The van der Waals surface area contributed by atoms with E-state index >= 15 is 0 Å². The molecule has 2 heterocycles. The number of ether oxygens (including phenoxy) is 1. The Labute approximate surface area is 193 Å². The van der Waals surface area contributed by atoms with Crippen LogP contribution < -0.4 is 5.32 Å². The first-order chi connectivity index (χ1) is 15.3. The molecule has 0 aliphatic rings. The van der Waals surface area contributed by atoms with Gasteiger partial charge in [-0.1, -0.05) is 72.3 Å². The van der Waals surface area contributed by atoms with Gasteiger partial charge in [0.2, 0.25) is 0 Å². The minimum Gasteiger partial charge on any atom is -0.444 e. The van der Waals surface area contributed by atoms with Crippen LogP contribution in [-0.2, 0) is 11.2 Å². The molecule has 2 aromatic heterocycles. The van der Waals surface area contributed by atoms with Crippen LogP contribution >= 0.6 is 11.6 Å². The molecule has 4 aromatic rings. The molecule has 0 aliphatic heterocycles. The zero-order valence-corrected chi connectivity index (χ0v) is 19.1. The highest BCUT2D eigenvalue weighted by atomic mass is 35.5. The highest BCUT2D eigenvalue weighted by molar-refractivity contribution is 6.30. The van der Waals surface area contributed by atoms with Crippen molar-refractivity contribution in [2.24, 2.45) is 0 Å². The molecule has 0 saturated heterocycles. The van der Waals surface area contributed by atoms with Crippen LogP contribution in [0.5, 0.6) is 0 Å². The van der Waals surface area contributed by atoms with Crippen LogP contribution in [0.1, 0.15) is 38.1 Å². The normalized spacial score (nSPS) is 12.5. The van der Waals surface area contributed by atoms with Gasteiger partial charge < -0.3 is 14.5 Å². The average molecular weight is 448 g/mol. The summed E-state index contributed by atoms with van der Waals surface area (Å²) in [6.45, 7) is 5.54. The Kier molecular flexibility index (Phi) is 6.19. The van der Waals surface area contributed by atoms with E-state index in [1.165, 1.54) is 0 Å². The van der Waals surface area contributed by atoms with Crippen molar-refractivity contribution in [2.45, 2.75) is 38.8 Å². The van der Waals surface area contributed by atoms with Crippen molar-refractivity contribution in [2.75, 3.05) is 0 Å². The number of pyridine rings is 1. The molecule has 5 nitrogen and oxygen atoms in total. The third kappa shape index (κ3) is 5.29. The predicted molar refractivity (Wildman–Crippen MR) is 128 cm³/mol. The van der Waals surface area contributed by atoms with Gasteiger partial charge in [0, 0.05) is 28.5 Å². The van der Waals surface area contributed by atoms with Gasteiger partial charge in [-0.2, -0.15) is 0 Å². The molecule has 164 valence electrons. The number of benzene rings is 2. The molecule has 0 radical (unpaired) electrons. The lowest BCUT2D eigenvalue weighted by molar-refractivity contribution is 0.0502. The summed E-state index contributed by atoms with van der Waals surface area (Å²) in [5.74, 6) is 0. The van der Waals surface area contributed by atoms with E-state index in [-0.39, 0.29) is 6.04 Å². The molecule has 1 amide bonds.